The van der Waals surface area contributed by atoms with E-state index in [0.717, 1.165) is 26.2 Å². The van der Waals surface area contributed by atoms with Gasteiger partial charge in [-0.2, -0.15) is 0 Å². The Morgan fingerprint density at radius 2 is 2.00 bits per heavy atom. The molecule has 2 heterocycles. The van der Waals surface area contributed by atoms with E-state index in [1.165, 1.54) is 11.3 Å². The Morgan fingerprint density at radius 3 is 2.73 bits per heavy atom. The lowest BCUT2D eigenvalue weighted by molar-refractivity contribution is -0.147. The molecule has 0 radical (unpaired) electrons. The molecule has 0 aliphatic carbocycles. The molecule has 0 fully saturated rings. The van der Waals surface area contributed by atoms with E-state index < -0.39 is 16.0 Å². The molecule has 0 aliphatic heterocycles. The monoisotopic (exact) mass is 485 g/mol. The maximum Gasteiger partial charge on any atom is 0.336 e. The second-order valence-corrected chi connectivity index (χ2v) is 10.7. The molecular formula is C22H23N5O4S2. The van der Waals surface area contributed by atoms with Crippen molar-refractivity contribution in [3.05, 3.63) is 53.6 Å². The number of hydrogen-bond acceptors (Lipinski definition) is 8. The van der Waals surface area contributed by atoms with Crippen LogP contribution < -0.4 is 9.56 Å². The van der Waals surface area contributed by atoms with Crippen LogP contribution in [0.1, 0.15) is 44.2 Å². The van der Waals surface area contributed by atoms with E-state index in [2.05, 4.69) is 40.0 Å². The SMILES string of the molecule is CCC(=O)On1nnc(-c2cccc(NS(=O)(=O)c3sc4ccc(C(C)C)cc4c3C)c2)n1. The highest BCUT2D eigenvalue weighted by Gasteiger charge is 2.23. The summed E-state index contributed by atoms with van der Waals surface area (Å²) in [6.45, 7) is 7.69. The molecule has 1 N–H and O–H groups in total. The van der Waals surface area contributed by atoms with Gasteiger partial charge in [-0.15, -0.1) is 16.4 Å². The van der Waals surface area contributed by atoms with Crippen LogP contribution in [0.2, 0.25) is 0 Å². The molecule has 172 valence electrons. The first-order chi connectivity index (χ1) is 15.7. The van der Waals surface area contributed by atoms with Crippen molar-refractivity contribution in [2.24, 2.45) is 0 Å². The number of sulfonamides is 1. The third-order valence-electron chi connectivity index (χ3n) is 5.07. The van der Waals surface area contributed by atoms with Gasteiger partial charge >= 0.3 is 5.97 Å². The molecule has 4 rings (SSSR count). The summed E-state index contributed by atoms with van der Waals surface area (Å²) < 4.78 is 30.3. The molecular weight excluding hydrogens is 462 g/mol. The van der Waals surface area contributed by atoms with Gasteiger partial charge in [0.15, 0.2) is 0 Å². The summed E-state index contributed by atoms with van der Waals surface area (Å²) in [7, 11) is -3.81. The van der Waals surface area contributed by atoms with E-state index in [1.807, 2.05) is 19.1 Å². The molecule has 33 heavy (non-hydrogen) atoms. The van der Waals surface area contributed by atoms with Crippen LogP contribution in [-0.2, 0) is 14.8 Å². The van der Waals surface area contributed by atoms with E-state index in [9.17, 15) is 13.2 Å². The van der Waals surface area contributed by atoms with Crippen molar-refractivity contribution in [3.63, 3.8) is 0 Å². The van der Waals surface area contributed by atoms with Gasteiger partial charge in [0.25, 0.3) is 10.0 Å². The van der Waals surface area contributed by atoms with Crippen LogP contribution in [0.15, 0.2) is 46.7 Å². The summed E-state index contributed by atoms with van der Waals surface area (Å²) in [6.07, 6.45) is 0.171. The Labute approximate surface area is 195 Å². The number of nitrogens with one attached hydrogen (secondary N) is 1. The third-order valence-corrected chi connectivity index (χ3v) is 8.34. The normalized spacial score (nSPS) is 11.8. The van der Waals surface area contributed by atoms with E-state index in [-0.39, 0.29) is 16.5 Å². The average molecular weight is 486 g/mol. The van der Waals surface area contributed by atoms with Crippen molar-refractivity contribution in [1.82, 2.24) is 20.4 Å². The lowest BCUT2D eigenvalue weighted by atomic mass is 10.0. The Hall–Kier alpha value is -3.31. The lowest BCUT2D eigenvalue weighted by Crippen LogP contribution is -2.21. The van der Waals surface area contributed by atoms with Gasteiger partial charge in [0.2, 0.25) is 5.82 Å². The molecule has 11 heteroatoms. The number of rotatable bonds is 7. The van der Waals surface area contributed by atoms with Gasteiger partial charge in [0, 0.05) is 27.3 Å². The smallest absolute Gasteiger partial charge is 0.301 e. The standard InChI is InChI=1S/C22H23N5O4S2/c1-5-20(28)31-27-24-21(23-26-27)16-7-6-8-17(11-16)25-33(29,30)22-14(4)18-12-15(13(2)3)9-10-19(18)32-22/h6-13,25H,5H2,1-4H3. The number of carbonyl (C=O) groups is 1. The quantitative estimate of drug-likeness (QED) is 0.391. The summed E-state index contributed by atoms with van der Waals surface area (Å²) in [5, 5.41) is 12.5. The van der Waals surface area contributed by atoms with Crippen LogP contribution in [0.3, 0.4) is 0 Å². The number of aryl methyl sites for hydroxylation is 1. The zero-order valence-corrected chi connectivity index (χ0v) is 20.2. The van der Waals surface area contributed by atoms with Gasteiger partial charge in [-0.25, -0.2) is 13.2 Å². The number of aromatic nitrogens is 4. The minimum Gasteiger partial charge on any atom is -0.301 e. The van der Waals surface area contributed by atoms with Crippen molar-refractivity contribution in [2.45, 2.75) is 44.2 Å². The zero-order valence-electron chi connectivity index (χ0n) is 18.6. The van der Waals surface area contributed by atoms with Gasteiger partial charge in [-0.05, 0) is 58.8 Å². The molecule has 2 aromatic heterocycles. The fourth-order valence-electron chi connectivity index (χ4n) is 3.27. The van der Waals surface area contributed by atoms with Gasteiger partial charge < -0.3 is 4.84 Å². The maximum atomic E-state index is 13.2. The van der Waals surface area contributed by atoms with Crippen molar-refractivity contribution in [2.75, 3.05) is 4.72 Å². The molecule has 0 saturated carbocycles. The van der Waals surface area contributed by atoms with Crippen LogP contribution in [-0.4, -0.2) is 34.8 Å². The predicted octanol–water partition coefficient (Wildman–Crippen LogP) is 4.15. The Morgan fingerprint density at radius 1 is 1.21 bits per heavy atom. The lowest BCUT2D eigenvalue weighted by Gasteiger charge is -2.08. The van der Waals surface area contributed by atoms with Crippen molar-refractivity contribution >= 4 is 43.1 Å². The number of anilines is 1. The average Bonchev–Trinajstić information content (AvgIpc) is 3.38. The summed E-state index contributed by atoms with van der Waals surface area (Å²) in [6, 6.07) is 12.7. The van der Waals surface area contributed by atoms with Crippen LogP contribution in [0.5, 0.6) is 0 Å². The van der Waals surface area contributed by atoms with Gasteiger partial charge in [0.05, 0.1) is 0 Å². The first-order valence-corrected chi connectivity index (χ1v) is 12.7. The molecule has 0 bridgehead atoms. The van der Waals surface area contributed by atoms with Crippen molar-refractivity contribution in [1.29, 1.82) is 0 Å². The first-order valence-electron chi connectivity index (χ1n) is 10.4. The second-order valence-electron chi connectivity index (χ2n) is 7.79. The summed E-state index contributed by atoms with van der Waals surface area (Å²) in [5.41, 5.74) is 2.76. The van der Waals surface area contributed by atoms with E-state index in [0.29, 0.717) is 17.2 Å². The van der Waals surface area contributed by atoms with Crippen LogP contribution in [0.4, 0.5) is 5.69 Å². The fraction of sp³-hybridized carbons (Fsp3) is 0.273. The molecule has 4 aromatic rings. The molecule has 2 aromatic carbocycles. The van der Waals surface area contributed by atoms with Crippen LogP contribution >= 0.6 is 11.3 Å². The fourth-order valence-corrected chi connectivity index (χ4v) is 6.06. The van der Waals surface area contributed by atoms with E-state index in [1.54, 1.807) is 31.2 Å². The number of nitrogens with zero attached hydrogens (tertiary/aromatic N) is 4. The Kier molecular flexibility index (Phi) is 6.17. The largest absolute Gasteiger partial charge is 0.336 e. The molecule has 0 saturated heterocycles. The highest BCUT2D eigenvalue weighted by atomic mass is 32.2. The number of tetrazole rings is 1. The molecule has 0 spiro atoms. The summed E-state index contributed by atoms with van der Waals surface area (Å²) in [5.74, 6) is 0.0468. The van der Waals surface area contributed by atoms with Crippen LogP contribution in [0.25, 0.3) is 21.5 Å². The van der Waals surface area contributed by atoms with Crippen LogP contribution in [0, 0.1) is 6.92 Å². The van der Waals surface area contributed by atoms with Gasteiger partial charge in [0.1, 0.15) is 4.21 Å². The highest BCUT2D eigenvalue weighted by Crippen LogP contribution is 2.36. The number of thiophene rings is 1. The minimum absolute atomic E-state index is 0.171. The van der Waals surface area contributed by atoms with Gasteiger partial charge in [-0.3, -0.25) is 4.72 Å². The predicted molar refractivity (Wildman–Crippen MR) is 127 cm³/mol. The molecule has 0 unspecified atom stereocenters. The minimum atomic E-state index is -3.81. The highest BCUT2D eigenvalue weighted by molar-refractivity contribution is 7.94. The number of carbonyl (C=O) groups excluding carboxylic acids is 1. The van der Waals surface area contributed by atoms with E-state index >= 15 is 0 Å². The third kappa shape index (κ3) is 4.74. The summed E-state index contributed by atoms with van der Waals surface area (Å²) in [4.78, 5) is 17.0. The number of benzene rings is 2. The Bertz CT molecular complexity index is 1440. The number of hydrogen-bond donors (Lipinski definition) is 1. The van der Waals surface area contributed by atoms with Crippen molar-refractivity contribution in [3.8, 4) is 11.4 Å². The zero-order chi connectivity index (χ0) is 23.8. The molecule has 9 nitrogen and oxygen atoms in total. The topological polar surface area (TPSA) is 116 Å². The Balaban J connectivity index is 1.62. The molecule has 0 atom stereocenters. The van der Waals surface area contributed by atoms with Gasteiger partial charge in [-0.1, -0.05) is 44.1 Å². The molecule has 0 aliphatic rings. The van der Waals surface area contributed by atoms with E-state index in [4.69, 9.17) is 4.84 Å². The maximum absolute atomic E-state index is 13.2. The summed E-state index contributed by atoms with van der Waals surface area (Å²) >= 11 is 1.25. The first kappa shape index (κ1) is 22.9. The molecule has 0 amide bonds. The number of fused-ring (bicyclic) bond motifs is 1. The van der Waals surface area contributed by atoms with Crippen molar-refractivity contribution < 1.29 is 18.0 Å². The second kappa shape index (κ2) is 8.91.